The highest BCUT2D eigenvalue weighted by molar-refractivity contribution is 6.30. The number of benzene rings is 2. The van der Waals surface area contributed by atoms with Gasteiger partial charge in [-0.1, -0.05) is 55.8 Å². The van der Waals surface area contributed by atoms with E-state index in [1.165, 1.54) is 5.56 Å². The predicted octanol–water partition coefficient (Wildman–Crippen LogP) is 4.83. The number of hydrogen-bond donors (Lipinski definition) is 1. The van der Waals surface area contributed by atoms with Crippen LogP contribution in [0, 0.1) is 13.8 Å². The molecule has 0 aliphatic rings. The monoisotopic (exact) mass is 414 g/mol. The van der Waals surface area contributed by atoms with Crippen LogP contribution in [0.25, 0.3) is 0 Å². The number of aryl methyl sites for hydroxylation is 2. The van der Waals surface area contributed by atoms with Gasteiger partial charge in [-0.15, -0.1) is 0 Å². The molecule has 0 fully saturated rings. The number of rotatable bonds is 9. The van der Waals surface area contributed by atoms with Gasteiger partial charge in [0, 0.05) is 18.1 Å². The maximum atomic E-state index is 13.3. The SMILES string of the molecule is CCCNC(=O)[C@@H](CC)N(Cc1ccc(Cl)cc1)C(=O)Cc1ccc(C)c(C)c1. The van der Waals surface area contributed by atoms with Crippen molar-refractivity contribution < 1.29 is 9.59 Å². The highest BCUT2D eigenvalue weighted by atomic mass is 35.5. The number of hydrogen-bond acceptors (Lipinski definition) is 2. The normalized spacial score (nSPS) is 11.8. The fourth-order valence-electron chi connectivity index (χ4n) is 3.26. The van der Waals surface area contributed by atoms with Gasteiger partial charge in [0.25, 0.3) is 0 Å². The number of carbonyl (C=O) groups is 2. The zero-order chi connectivity index (χ0) is 21.4. The molecule has 0 spiro atoms. The van der Waals surface area contributed by atoms with Crippen molar-refractivity contribution in [2.45, 2.75) is 59.5 Å². The Balaban J connectivity index is 2.27. The third-order valence-corrected chi connectivity index (χ3v) is 5.38. The first kappa shape index (κ1) is 23.0. The van der Waals surface area contributed by atoms with Crippen LogP contribution in [0.2, 0.25) is 5.02 Å². The Labute approximate surface area is 179 Å². The molecule has 2 aromatic rings. The zero-order valence-corrected chi connectivity index (χ0v) is 18.6. The summed E-state index contributed by atoms with van der Waals surface area (Å²) in [7, 11) is 0. The molecule has 0 aliphatic heterocycles. The van der Waals surface area contributed by atoms with E-state index < -0.39 is 6.04 Å². The van der Waals surface area contributed by atoms with E-state index in [0.717, 1.165) is 23.1 Å². The number of amides is 2. The summed E-state index contributed by atoms with van der Waals surface area (Å²) in [5.41, 5.74) is 4.27. The smallest absolute Gasteiger partial charge is 0.242 e. The Morgan fingerprint density at radius 2 is 1.66 bits per heavy atom. The molecule has 0 unspecified atom stereocenters. The fraction of sp³-hybridized carbons (Fsp3) is 0.417. The Hall–Kier alpha value is -2.33. The van der Waals surface area contributed by atoms with Crippen molar-refractivity contribution in [1.82, 2.24) is 10.2 Å². The van der Waals surface area contributed by atoms with Gasteiger partial charge < -0.3 is 10.2 Å². The van der Waals surface area contributed by atoms with Crippen molar-refractivity contribution in [2.24, 2.45) is 0 Å². The van der Waals surface area contributed by atoms with Crippen LogP contribution in [0.1, 0.15) is 48.9 Å². The lowest BCUT2D eigenvalue weighted by atomic mass is 10.0. The summed E-state index contributed by atoms with van der Waals surface area (Å²) in [6.45, 7) is 9.03. The molecule has 1 atom stereocenters. The van der Waals surface area contributed by atoms with Crippen molar-refractivity contribution in [3.8, 4) is 0 Å². The largest absolute Gasteiger partial charge is 0.354 e. The van der Waals surface area contributed by atoms with Crippen molar-refractivity contribution >= 4 is 23.4 Å². The summed E-state index contributed by atoms with van der Waals surface area (Å²) in [6, 6.07) is 13.0. The summed E-state index contributed by atoms with van der Waals surface area (Å²) in [5.74, 6) is -0.154. The molecule has 0 saturated carbocycles. The Bertz CT molecular complexity index is 833. The summed E-state index contributed by atoms with van der Waals surface area (Å²) in [4.78, 5) is 27.7. The lowest BCUT2D eigenvalue weighted by Crippen LogP contribution is -2.49. The first-order valence-corrected chi connectivity index (χ1v) is 10.6. The molecule has 0 aromatic heterocycles. The van der Waals surface area contributed by atoms with Crippen LogP contribution >= 0.6 is 11.6 Å². The quantitative estimate of drug-likeness (QED) is 0.638. The van der Waals surface area contributed by atoms with Crippen molar-refractivity contribution in [2.75, 3.05) is 6.54 Å². The van der Waals surface area contributed by atoms with Crippen LogP contribution in [0.3, 0.4) is 0 Å². The molecule has 29 heavy (non-hydrogen) atoms. The lowest BCUT2D eigenvalue weighted by Gasteiger charge is -2.31. The third-order valence-electron chi connectivity index (χ3n) is 5.13. The van der Waals surface area contributed by atoms with Crippen LogP contribution < -0.4 is 5.32 Å². The zero-order valence-electron chi connectivity index (χ0n) is 17.8. The number of halogens is 1. The molecule has 0 aliphatic carbocycles. The van der Waals surface area contributed by atoms with Gasteiger partial charge in [0.2, 0.25) is 11.8 Å². The maximum Gasteiger partial charge on any atom is 0.242 e. The minimum absolute atomic E-state index is 0.0540. The van der Waals surface area contributed by atoms with Crippen molar-refractivity contribution in [3.63, 3.8) is 0 Å². The molecule has 156 valence electrons. The molecule has 2 aromatic carbocycles. The molecule has 0 saturated heterocycles. The van der Waals surface area contributed by atoms with E-state index in [1.54, 1.807) is 17.0 Å². The van der Waals surface area contributed by atoms with Crippen LogP contribution in [0.5, 0.6) is 0 Å². The molecule has 5 heteroatoms. The molecular formula is C24H31ClN2O2. The summed E-state index contributed by atoms with van der Waals surface area (Å²) in [6.07, 6.45) is 1.68. The molecule has 0 radical (unpaired) electrons. The standard InChI is InChI=1S/C24H31ClN2O2/c1-5-13-26-24(29)22(6-2)27(16-19-9-11-21(25)12-10-19)23(28)15-20-8-7-17(3)18(4)14-20/h7-12,14,22H,5-6,13,15-16H2,1-4H3,(H,26,29)/t22-/m1/s1. The third kappa shape index (κ3) is 6.60. The van der Waals surface area contributed by atoms with E-state index in [2.05, 4.69) is 12.2 Å². The van der Waals surface area contributed by atoms with Gasteiger partial charge >= 0.3 is 0 Å². The molecule has 0 bridgehead atoms. The average Bonchev–Trinajstić information content (AvgIpc) is 2.70. The van der Waals surface area contributed by atoms with E-state index in [-0.39, 0.29) is 18.2 Å². The lowest BCUT2D eigenvalue weighted by molar-refractivity contribution is -0.140. The fourth-order valence-corrected chi connectivity index (χ4v) is 3.39. The van der Waals surface area contributed by atoms with Crippen LogP contribution in [-0.4, -0.2) is 29.3 Å². The molecule has 4 nitrogen and oxygen atoms in total. The highest BCUT2D eigenvalue weighted by Gasteiger charge is 2.28. The Kier molecular flexibility index (Phi) is 8.71. The van der Waals surface area contributed by atoms with E-state index >= 15 is 0 Å². The van der Waals surface area contributed by atoms with Crippen molar-refractivity contribution in [1.29, 1.82) is 0 Å². The van der Waals surface area contributed by atoms with Crippen LogP contribution in [0.15, 0.2) is 42.5 Å². The maximum absolute atomic E-state index is 13.3. The van der Waals surface area contributed by atoms with Crippen LogP contribution in [0.4, 0.5) is 0 Å². The summed E-state index contributed by atoms with van der Waals surface area (Å²) >= 11 is 6.00. The van der Waals surface area contributed by atoms with Gasteiger partial charge in [0.05, 0.1) is 6.42 Å². The van der Waals surface area contributed by atoms with Gasteiger partial charge in [0.15, 0.2) is 0 Å². The summed E-state index contributed by atoms with van der Waals surface area (Å²) < 4.78 is 0. The Morgan fingerprint density at radius 3 is 2.24 bits per heavy atom. The first-order chi connectivity index (χ1) is 13.8. The van der Waals surface area contributed by atoms with Gasteiger partial charge in [-0.3, -0.25) is 9.59 Å². The second-order valence-corrected chi connectivity index (χ2v) is 7.90. The van der Waals surface area contributed by atoms with Gasteiger partial charge in [-0.05, 0) is 61.1 Å². The highest BCUT2D eigenvalue weighted by Crippen LogP contribution is 2.18. The number of nitrogens with one attached hydrogen (secondary N) is 1. The van der Waals surface area contributed by atoms with E-state index in [9.17, 15) is 9.59 Å². The minimum Gasteiger partial charge on any atom is -0.354 e. The predicted molar refractivity (Wildman–Crippen MR) is 119 cm³/mol. The van der Waals surface area contributed by atoms with E-state index in [1.807, 2.05) is 51.1 Å². The number of nitrogens with zero attached hydrogens (tertiary/aromatic N) is 1. The molecule has 2 rings (SSSR count). The van der Waals surface area contributed by atoms with Gasteiger partial charge in [-0.2, -0.15) is 0 Å². The summed E-state index contributed by atoms with van der Waals surface area (Å²) in [5, 5.41) is 3.59. The molecular weight excluding hydrogens is 384 g/mol. The van der Waals surface area contributed by atoms with Gasteiger partial charge in [-0.25, -0.2) is 0 Å². The second kappa shape index (κ2) is 11.0. The number of carbonyl (C=O) groups excluding carboxylic acids is 2. The topological polar surface area (TPSA) is 49.4 Å². The van der Waals surface area contributed by atoms with Gasteiger partial charge in [0.1, 0.15) is 6.04 Å². The van der Waals surface area contributed by atoms with Crippen LogP contribution in [-0.2, 0) is 22.6 Å². The Morgan fingerprint density at radius 1 is 1.00 bits per heavy atom. The molecule has 0 heterocycles. The second-order valence-electron chi connectivity index (χ2n) is 7.46. The first-order valence-electron chi connectivity index (χ1n) is 10.2. The average molecular weight is 415 g/mol. The molecule has 1 N–H and O–H groups in total. The minimum atomic E-state index is -0.503. The van der Waals surface area contributed by atoms with Crippen molar-refractivity contribution in [3.05, 3.63) is 69.7 Å². The molecule has 2 amide bonds. The van der Waals surface area contributed by atoms with E-state index in [0.29, 0.717) is 24.5 Å². The van der Waals surface area contributed by atoms with E-state index in [4.69, 9.17) is 11.6 Å².